The number of phenolic OH excluding ortho intramolecular Hbond substituents is 2. The standard InChI is InChI=1S/C17H16ClNO5/c1-10(11-3-2-4-12(18)7-11)19-16(22)9-24-17(23)14-6-5-13(20)8-15(14)21/h2-8,10,20-21H,9H2,1H3,(H,19,22). The van der Waals surface area contributed by atoms with Crippen molar-refractivity contribution in [1.82, 2.24) is 5.32 Å². The van der Waals surface area contributed by atoms with Crippen LogP contribution in [0.4, 0.5) is 0 Å². The van der Waals surface area contributed by atoms with Crippen LogP contribution in [0.2, 0.25) is 5.02 Å². The van der Waals surface area contributed by atoms with E-state index in [1.807, 2.05) is 6.07 Å². The molecule has 2 aromatic carbocycles. The Labute approximate surface area is 143 Å². The molecule has 6 nitrogen and oxygen atoms in total. The highest BCUT2D eigenvalue weighted by molar-refractivity contribution is 6.30. The van der Waals surface area contributed by atoms with E-state index in [-0.39, 0.29) is 17.4 Å². The molecule has 1 atom stereocenters. The molecule has 0 radical (unpaired) electrons. The van der Waals surface area contributed by atoms with Crippen LogP contribution in [0.1, 0.15) is 28.9 Å². The summed E-state index contributed by atoms with van der Waals surface area (Å²) in [6, 6.07) is 10.2. The Hall–Kier alpha value is -2.73. The van der Waals surface area contributed by atoms with Gasteiger partial charge in [-0.15, -0.1) is 0 Å². The van der Waals surface area contributed by atoms with Gasteiger partial charge in [0.05, 0.1) is 6.04 Å². The molecule has 0 aliphatic rings. The number of rotatable bonds is 5. The lowest BCUT2D eigenvalue weighted by Gasteiger charge is -2.14. The topological polar surface area (TPSA) is 95.9 Å². The van der Waals surface area contributed by atoms with Gasteiger partial charge in [0.25, 0.3) is 5.91 Å². The van der Waals surface area contributed by atoms with Crippen LogP contribution in [-0.4, -0.2) is 28.7 Å². The SMILES string of the molecule is CC(NC(=O)COC(=O)c1ccc(O)cc1O)c1cccc(Cl)c1. The molecule has 0 bridgehead atoms. The zero-order chi connectivity index (χ0) is 17.7. The summed E-state index contributed by atoms with van der Waals surface area (Å²) in [5, 5.41) is 22.0. The van der Waals surface area contributed by atoms with Gasteiger partial charge in [0.15, 0.2) is 6.61 Å². The second-order valence-corrected chi connectivity index (χ2v) is 5.56. The van der Waals surface area contributed by atoms with Crippen LogP contribution < -0.4 is 5.32 Å². The normalized spacial score (nSPS) is 11.6. The minimum atomic E-state index is -0.863. The summed E-state index contributed by atoms with van der Waals surface area (Å²) in [5.74, 6) is -1.96. The van der Waals surface area contributed by atoms with Crippen molar-refractivity contribution in [3.63, 3.8) is 0 Å². The lowest BCUT2D eigenvalue weighted by molar-refractivity contribution is -0.124. The quantitative estimate of drug-likeness (QED) is 0.721. The molecular formula is C17H16ClNO5. The second kappa shape index (κ2) is 7.70. The van der Waals surface area contributed by atoms with Crippen LogP contribution in [0.25, 0.3) is 0 Å². The molecule has 3 N–H and O–H groups in total. The van der Waals surface area contributed by atoms with Crippen molar-refractivity contribution in [2.24, 2.45) is 0 Å². The fourth-order valence-corrected chi connectivity index (χ4v) is 2.24. The summed E-state index contributed by atoms with van der Waals surface area (Å²) >= 11 is 5.90. The predicted octanol–water partition coefficient (Wildman–Crippen LogP) is 2.79. The van der Waals surface area contributed by atoms with Crippen LogP contribution in [-0.2, 0) is 9.53 Å². The maximum Gasteiger partial charge on any atom is 0.342 e. The number of nitrogens with one attached hydrogen (secondary N) is 1. The largest absolute Gasteiger partial charge is 0.508 e. The van der Waals surface area contributed by atoms with Crippen LogP contribution in [0.15, 0.2) is 42.5 Å². The van der Waals surface area contributed by atoms with E-state index in [1.54, 1.807) is 25.1 Å². The first-order valence-electron chi connectivity index (χ1n) is 7.10. The Bertz CT molecular complexity index is 762. The first kappa shape index (κ1) is 17.6. The third-order valence-electron chi connectivity index (χ3n) is 3.26. The predicted molar refractivity (Wildman–Crippen MR) is 88.1 cm³/mol. The lowest BCUT2D eigenvalue weighted by Crippen LogP contribution is -2.31. The number of amides is 1. The molecule has 24 heavy (non-hydrogen) atoms. The molecule has 1 unspecified atom stereocenters. The summed E-state index contributed by atoms with van der Waals surface area (Å²) in [4.78, 5) is 23.7. The average molecular weight is 350 g/mol. The summed E-state index contributed by atoms with van der Waals surface area (Å²) < 4.78 is 4.85. The molecule has 2 rings (SSSR count). The number of ether oxygens (including phenoxy) is 1. The van der Waals surface area contributed by atoms with Crippen molar-refractivity contribution < 1.29 is 24.5 Å². The monoisotopic (exact) mass is 349 g/mol. The molecule has 0 aromatic heterocycles. The Morgan fingerprint density at radius 3 is 2.62 bits per heavy atom. The van der Waals surface area contributed by atoms with Crippen LogP contribution in [0.5, 0.6) is 11.5 Å². The van der Waals surface area contributed by atoms with E-state index in [0.717, 1.165) is 11.6 Å². The van der Waals surface area contributed by atoms with Crippen LogP contribution in [0.3, 0.4) is 0 Å². The lowest BCUT2D eigenvalue weighted by atomic mass is 10.1. The van der Waals surface area contributed by atoms with Crippen molar-refractivity contribution in [3.05, 3.63) is 58.6 Å². The van der Waals surface area contributed by atoms with Gasteiger partial charge in [0.1, 0.15) is 17.1 Å². The maximum atomic E-state index is 11.9. The molecule has 0 fully saturated rings. The summed E-state index contributed by atoms with van der Waals surface area (Å²) in [7, 11) is 0. The fraction of sp³-hybridized carbons (Fsp3) is 0.176. The van der Waals surface area contributed by atoms with Crippen LogP contribution >= 0.6 is 11.6 Å². The van der Waals surface area contributed by atoms with Gasteiger partial charge in [-0.3, -0.25) is 4.79 Å². The van der Waals surface area contributed by atoms with E-state index in [4.69, 9.17) is 16.3 Å². The Morgan fingerprint density at radius 1 is 1.21 bits per heavy atom. The van der Waals surface area contributed by atoms with E-state index in [2.05, 4.69) is 5.32 Å². The third kappa shape index (κ3) is 4.63. The highest BCUT2D eigenvalue weighted by Crippen LogP contribution is 2.23. The van der Waals surface area contributed by atoms with Crippen molar-refractivity contribution in [2.45, 2.75) is 13.0 Å². The molecule has 0 aliphatic heterocycles. The molecule has 0 heterocycles. The Morgan fingerprint density at radius 2 is 1.96 bits per heavy atom. The Balaban J connectivity index is 1.89. The number of carbonyl (C=O) groups is 2. The molecule has 2 aromatic rings. The number of esters is 1. The zero-order valence-electron chi connectivity index (χ0n) is 12.8. The van der Waals surface area contributed by atoms with Crippen LogP contribution in [0, 0.1) is 0 Å². The van der Waals surface area contributed by atoms with Gasteiger partial charge in [0, 0.05) is 11.1 Å². The number of hydrogen-bond donors (Lipinski definition) is 3. The van der Waals surface area contributed by atoms with Gasteiger partial charge in [-0.25, -0.2) is 4.79 Å². The van der Waals surface area contributed by atoms with E-state index in [9.17, 15) is 19.8 Å². The summed E-state index contributed by atoms with van der Waals surface area (Å²) in [5.41, 5.74) is 0.682. The smallest absolute Gasteiger partial charge is 0.342 e. The molecule has 0 spiro atoms. The summed E-state index contributed by atoms with van der Waals surface area (Å²) in [6.45, 7) is 1.28. The molecule has 7 heteroatoms. The zero-order valence-corrected chi connectivity index (χ0v) is 13.6. The number of carbonyl (C=O) groups excluding carboxylic acids is 2. The highest BCUT2D eigenvalue weighted by atomic mass is 35.5. The molecule has 0 saturated carbocycles. The average Bonchev–Trinajstić information content (AvgIpc) is 2.52. The van der Waals surface area contributed by atoms with E-state index < -0.39 is 24.2 Å². The molecule has 126 valence electrons. The number of benzene rings is 2. The fourth-order valence-electron chi connectivity index (χ4n) is 2.04. The van der Waals surface area contributed by atoms with E-state index in [1.165, 1.54) is 12.1 Å². The minimum Gasteiger partial charge on any atom is -0.508 e. The van der Waals surface area contributed by atoms with Crippen molar-refractivity contribution in [3.8, 4) is 11.5 Å². The number of aromatic hydroxyl groups is 2. The van der Waals surface area contributed by atoms with Gasteiger partial charge in [-0.1, -0.05) is 23.7 Å². The second-order valence-electron chi connectivity index (χ2n) is 5.12. The Kier molecular flexibility index (Phi) is 5.65. The molecule has 0 saturated heterocycles. The first-order chi connectivity index (χ1) is 11.4. The van der Waals surface area contributed by atoms with Gasteiger partial charge in [-0.2, -0.15) is 0 Å². The highest BCUT2D eigenvalue weighted by Gasteiger charge is 2.16. The van der Waals surface area contributed by atoms with Crippen molar-refractivity contribution in [2.75, 3.05) is 6.61 Å². The molecule has 1 amide bonds. The summed E-state index contributed by atoms with van der Waals surface area (Å²) in [6.07, 6.45) is 0. The van der Waals surface area contributed by atoms with Crippen molar-refractivity contribution in [1.29, 1.82) is 0 Å². The van der Waals surface area contributed by atoms with Gasteiger partial charge in [-0.05, 0) is 36.8 Å². The third-order valence-corrected chi connectivity index (χ3v) is 3.50. The van der Waals surface area contributed by atoms with Gasteiger partial charge >= 0.3 is 5.97 Å². The minimum absolute atomic E-state index is 0.136. The maximum absolute atomic E-state index is 11.9. The van der Waals surface area contributed by atoms with Gasteiger partial charge < -0.3 is 20.3 Å². The van der Waals surface area contributed by atoms with Crippen molar-refractivity contribution >= 4 is 23.5 Å². The van der Waals surface area contributed by atoms with Gasteiger partial charge in [0.2, 0.25) is 0 Å². The molecule has 0 aliphatic carbocycles. The molecular weight excluding hydrogens is 334 g/mol. The van der Waals surface area contributed by atoms with E-state index in [0.29, 0.717) is 5.02 Å². The number of hydrogen-bond acceptors (Lipinski definition) is 5. The first-order valence-corrected chi connectivity index (χ1v) is 7.48. The number of phenols is 2. The van der Waals surface area contributed by atoms with E-state index >= 15 is 0 Å². The number of halogens is 1.